The number of pyridine rings is 1. The molecule has 6 nitrogen and oxygen atoms in total. The highest BCUT2D eigenvalue weighted by Gasteiger charge is 2.20. The molecule has 0 aliphatic heterocycles. The Hall–Kier alpha value is -2.09. The zero-order valence-electron chi connectivity index (χ0n) is 10.3. The highest BCUT2D eigenvalue weighted by atomic mass is 32.2. The van der Waals surface area contributed by atoms with E-state index in [9.17, 15) is 12.8 Å². The Bertz CT molecular complexity index is 704. The van der Waals surface area contributed by atoms with Gasteiger partial charge < -0.3 is 0 Å². The number of hydrogen-bond acceptors (Lipinski definition) is 5. The van der Waals surface area contributed by atoms with Gasteiger partial charge in [-0.05, 0) is 26.0 Å². The number of rotatable bonds is 3. The molecule has 0 spiro atoms. The molecule has 2 rings (SSSR count). The summed E-state index contributed by atoms with van der Waals surface area (Å²) in [6, 6.07) is 2.34. The maximum absolute atomic E-state index is 13.4. The predicted octanol–water partition coefficient (Wildman–Crippen LogP) is 1.43. The smallest absolute Gasteiger partial charge is 0.263 e. The van der Waals surface area contributed by atoms with E-state index in [1.165, 1.54) is 32.4 Å². The van der Waals surface area contributed by atoms with Gasteiger partial charge in [0, 0.05) is 6.20 Å². The molecule has 0 saturated carbocycles. The van der Waals surface area contributed by atoms with Crippen molar-refractivity contribution < 1.29 is 12.8 Å². The van der Waals surface area contributed by atoms with Crippen LogP contribution in [0.25, 0.3) is 0 Å². The lowest BCUT2D eigenvalue weighted by atomic mass is 10.3. The van der Waals surface area contributed by atoms with Gasteiger partial charge in [-0.2, -0.15) is 0 Å². The summed E-state index contributed by atoms with van der Waals surface area (Å²) in [5, 5.41) is 0. The molecule has 2 aromatic rings. The number of sulfonamides is 1. The van der Waals surface area contributed by atoms with E-state index in [4.69, 9.17) is 0 Å². The van der Waals surface area contributed by atoms with E-state index < -0.39 is 15.8 Å². The van der Waals surface area contributed by atoms with Gasteiger partial charge >= 0.3 is 0 Å². The standard InChI is InChI=1S/C11H11FN4O2S/c1-7-9(12)5-10(8(2)15-7)19(17,18)16-11-3-4-13-6-14-11/h3-6H,1-2H3,(H,13,14,16). The number of nitrogens with one attached hydrogen (secondary N) is 1. The van der Waals surface area contributed by atoms with E-state index in [2.05, 4.69) is 19.7 Å². The average Bonchev–Trinajstić information content (AvgIpc) is 2.34. The second kappa shape index (κ2) is 4.88. The number of hydrogen-bond donors (Lipinski definition) is 1. The molecule has 0 saturated heterocycles. The van der Waals surface area contributed by atoms with E-state index in [0.29, 0.717) is 0 Å². The molecule has 2 aromatic heterocycles. The van der Waals surface area contributed by atoms with Gasteiger partial charge in [0.1, 0.15) is 22.9 Å². The maximum Gasteiger partial charge on any atom is 0.264 e. The molecule has 0 aliphatic carbocycles. The van der Waals surface area contributed by atoms with Crippen molar-refractivity contribution in [1.29, 1.82) is 0 Å². The van der Waals surface area contributed by atoms with Crippen LogP contribution in [0, 0.1) is 19.7 Å². The molecule has 0 aromatic carbocycles. The van der Waals surface area contributed by atoms with E-state index in [1.54, 1.807) is 0 Å². The molecule has 19 heavy (non-hydrogen) atoms. The summed E-state index contributed by atoms with van der Waals surface area (Å²) in [5.74, 6) is -0.566. The molecule has 0 radical (unpaired) electrons. The summed E-state index contributed by atoms with van der Waals surface area (Å²) in [6.45, 7) is 2.97. The minimum Gasteiger partial charge on any atom is -0.263 e. The maximum atomic E-state index is 13.4. The van der Waals surface area contributed by atoms with E-state index in [0.717, 1.165) is 6.07 Å². The van der Waals surface area contributed by atoms with Gasteiger partial charge in [0.25, 0.3) is 10.0 Å². The highest BCUT2D eigenvalue weighted by Crippen LogP contribution is 2.19. The molecule has 0 unspecified atom stereocenters. The quantitative estimate of drug-likeness (QED) is 0.920. The van der Waals surface area contributed by atoms with Gasteiger partial charge in [-0.15, -0.1) is 0 Å². The van der Waals surface area contributed by atoms with Crippen molar-refractivity contribution in [3.63, 3.8) is 0 Å². The number of aryl methyl sites for hydroxylation is 2. The second-order valence-corrected chi connectivity index (χ2v) is 5.49. The van der Waals surface area contributed by atoms with Crippen LogP contribution in [0.5, 0.6) is 0 Å². The Balaban J connectivity index is 2.43. The Morgan fingerprint density at radius 2 is 2.00 bits per heavy atom. The van der Waals surface area contributed by atoms with Crippen LogP contribution in [-0.2, 0) is 10.0 Å². The summed E-state index contributed by atoms with van der Waals surface area (Å²) in [5.41, 5.74) is 0.374. The lowest BCUT2D eigenvalue weighted by molar-refractivity contribution is 0.585. The molecular formula is C11H11FN4O2S. The van der Waals surface area contributed by atoms with Crippen LogP contribution in [0.2, 0.25) is 0 Å². The lowest BCUT2D eigenvalue weighted by Gasteiger charge is -2.09. The fourth-order valence-electron chi connectivity index (χ4n) is 1.50. The van der Waals surface area contributed by atoms with Crippen LogP contribution in [0.15, 0.2) is 29.6 Å². The molecule has 0 bridgehead atoms. The number of halogens is 1. The third-order valence-corrected chi connectivity index (χ3v) is 3.88. The minimum atomic E-state index is -3.93. The number of anilines is 1. The van der Waals surface area contributed by atoms with Crippen LogP contribution >= 0.6 is 0 Å². The fraction of sp³-hybridized carbons (Fsp3) is 0.182. The summed E-state index contributed by atoms with van der Waals surface area (Å²) in [7, 11) is -3.93. The molecule has 0 fully saturated rings. The second-order valence-electron chi connectivity index (χ2n) is 3.84. The molecule has 2 heterocycles. The van der Waals surface area contributed by atoms with Crippen LogP contribution in [0.1, 0.15) is 11.4 Å². The predicted molar refractivity (Wildman–Crippen MR) is 66.5 cm³/mol. The van der Waals surface area contributed by atoms with Crippen molar-refractivity contribution >= 4 is 15.8 Å². The summed E-state index contributed by atoms with van der Waals surface area (Å²) >= 11 is 0. The molecule has 0 amide bonds. The van der Waals surface area contributed by atoms with Gasteiger partial charge in [-0.3, -0.25) is 9.71 Å². The topological polar surface area (TPSA) is 84.8 Å². The van der Waals surface area contributed by atoms with Crippen LogP contribution in [-0.4, -0.2) is 23.4 Å². The van der Waals surface area contributed by atoms with Gasteiger partial charge in [0.15, 0.2) is 0 Å². The summed E-state index contributed by atoms with van der Waals surface area (Å²) in [6.07, 6.45) is 2.60. The zero-order valence-corrected chi connectivity index (χ0v) is 11.1. The third kappa shape index (κ3) is 2.84. The number of aromatic nitrogens is 3. The largest absolute Gasteiger partial charge is 0.264 e. The minimum absolute atomic E-state index is 0.107. The lowest BCUT2D eigenvalue weighted by Crippen LogP contribution is -2.16. The van der Waals surface area contributed by atoms with E-state index >= 15 is 0 Å². The Kier molecular flexibility index (Phi) is 3.43. The summed E-state index contributed by atoms with van der Waals surface area (Å²) < 4.78 is 39.9. The summed E-state index contributed by atoms with van der Waals surface area (Å²) in [4.78, 5) is 11.1. The van der Waals surface area contributed by atoms with Crippen molar-refractivity contribution in [2.45, 2.75) is 18.7 Å². The Morgan fingerprint density at radius 1 is 1.26 bits per heavy atom. The van der Waals surface area contributed by atoms with Gasteiger partial charge in [0.2, 0.25) is 0 Å². The van der Waals surface area contributed by atoms with Gasteiger partial charge in [-0.25, -0.2) is 22.8 Å². The van der Waals surface area contributed by atoms with Crippen LogP contribution in [0.4, 0.5) is 10.2 Å². The van der Waals surface area contributed by atoms with Crippen molar-refractivity contribution in [1.82, 2.24) is 15.0 Å². The average molecular weight is 282 g/mol. The van der Waals surface area contributed by atoms with Crippen molar-refractivity contribution in [2.24, 2.45) is 0 Å². The molecular weight excluding hydrogens is 271 g/mol. The van der Waals surface area contributed by atoms with Crippen molar-refractivity contribution in [3.05, 3.63) is 41.9 Å². The SMILES string of the molecule is Cc1nc(C)c(S(=O)(=O)Nc2ccncn2)cc1F. The Labute approximate surface area is 109 Å². The van der Waals surface area contributed by atoms with Crippen molar-refractivity contribution in [3.8, 4) is 0 Å². The first kappa shape index (κ1) is 13.3. The third-order valence-electron chi connectivity index (χ3n) is 2.41. The van der Waals surface area contributed by atoms with Crippen molar-refractivity contribution in [2.75, 3.05) is 4.72 Å². The fourth-order valence-corrected chi connectivity index (χ4v) is 2.70. The van der Waals surface area contributed by atoms with E-state index in [-0.39, 0.29) is 22.1 Å². The number of nitrogens with zero attached hydrogens (tertiary/aromatic N) is 3. The normalized spacial score (nSPS) is 11.3. The van der Waals surface area contributed by atoms with Crippen LogP contribution in [0.3, 0.4) is 0 Å². The molecule has 0 aliphatic rings. The molecule has 1 N–H and O–H groups in total. The first-order chi connectivity index (χ1) is 8.90. The monoisotopic (exact) mass is 282 g/mol. The van der Waals surface area contributed by atoms with E-state index in [1.807, 2.05) is 0 Å². The molecule has 100 valence electrons. The van der Waals surface area contributed by atoms with Gasteiger partial charge in [-0.1, -0.05) is 0 Å². The zero-order chi connectivity index (χ0) is 14.0. The first-order valence-corrected chi connectivity index (χ1v) is 6.81. The van der Waals surface area contributed by atoms with Gasteiger partial charge in [0.05, 0.1) is 11.4 Å². The molecule has 0 atom stereocenters. The molecule has 8 heteroatoms. The first-order valence-electron chi connectivity index (χ1n) is 5.33. The Morgan fingerprint density at radius 3 is 2.63 bits per heavy atom. The van der Waals surface area contributed by atoms with Crippen LogP contribution < -0.4 is 4.72 Å². The highest BCUT2D eigenvalue weighted by molar-refractivity contribution is 7.92.